The van der Waals surface area contributed by atoms with Crippen molar-refractivity contribution >= 4 is 23.3 Å². The Bertz CT molecular complexity index is 1480. The summed E-state index contributed by atoms with van der Waals surface area (Å²) in [6.45, 7) is 0. The van der Waals surface area contributed by atoms with Crippen LogP contribution in [0.1, 0.15) is 68.1 Å². The van der Waals surface area contributed by atoms with E-state index >= 15 is 0 Å². The third kappa shape index (κ3) is 8.04. The molecule has 2 aliphatic carbocycles. The third-order valence-electron chi connectivity index (χ3n) is 8.60. The van der Waals surface area contributed by atoms with E-state index in [1.54, 1.807) is 24.3 Å². The fourth-order valence-corrected chi connectivity index (χ4v) is 6.18. The Morgan fingerprint density at radius 1 is 1.07 bits per heavy atom. The Balaban J connectivity index is 1.50. The Morgan fingerprint density at radius 3 is 2.38 bits per heavy atom. The average Bonchev–Trinajstić information content (AvgIpc) is 3.79. The predicted molar refractivity (Wildman–Crippen MR) is 151 cm³/mol. The molecule has 5 rings (SSSR count). The van der Waals surface area contributed by atoms with Gasteiger partial charge in [0.2, 0.25) is 17.7 Å². The summed E-state index contributed by atoms with van der Waals surface area (Å²) in [6.07, 6.45) is -8.84. The van der Waals surface area contributed by atoms with Crippen molar-refractivity contribution in [3.8, 4) is 5.75 Å². The fourth-order valence-electron chi connectivity index (χ4n) is 6.18. The van der Waals surface area contributed by atoms with Gasteiger partial charge in [-0.05, 0) is 56.2 Å². The van der Waals surface area contributed by atoms with Gasteiger partial charge in [0.15, 0.2) is 11.9 Å². The second-order valence-corrected chi connectivity index (χ2v) is 12.0. The third-order valence-corrected chi connectivity index (χ3v) is 8.60. The van der Waals surface area contributed by atoms with Crippen LogP contribution in [0.4, 0.5) is 26.3 Å². The van der Waals surface area contributed by atoms with Gasteiger partial charge in [-0.25, -0.2) is 13.2 Å². The summed E-state index contributed by atoms with van der Waals surface area (Å²) in [5.74, 6) is -9.95. The van der Waals surface area contributed by atoms with Crippen molar-refractivity contribution in [1.29, 1.82) is 0 Å². The van der Waals surface area contributed by atoms with E-state index in [0.717, 1.165) is 12.8 Å². The first-order valence-corrected chi connectivity index (χ1v) is 14.9. The van der Waals surface area contributed by atoms with Crippen molar-refractivity contribution in [2.24, 2.45) is 28.5 Å². The van der Waals surface area contributed by atoms with Crippen LogP contribution in [0, 0.1) is 23.6 Å². The summed E-state index contributed by atoms with van der Waals surface area (Å²) in [7, 11) is 0. The number of halogens is 6. The van der Waals surface area contributed by atoms with Crippen LogP contribution in [0.25, 0.3) is 0 Å². The van der Waals surface area contributed by atoms with Crippen LogP contribution in [0.2, 0.25) is 0 Å². The summed E-state index contributed by atoms with van der Waals surface area (Å²) < 4.78 is 88.2. The minimum Gasteiger partial charge on any atom is -0.490 e. The molecule has 1 aliphatic heterocycles. The van der Waals surface area contributed by atoms with Crippen LogP contribution >= 0.6 is 0 Å². The van der Waals surface area contributed by atoms with Gasteiger partial charge in [-0.3, -0.25) is 19.4 Å². The maximum Gasteiger partial charge on any atom is 0.389 e. The number of amides is 2. The number of nitrogens with zero attached hydrogens (tertiary/aromatic N) is 1. The normalized spacial score (nSPS) is 21.6. The van der Waals surface area contributed by atoms with Crippen LogP contribution in [0.15, 0.2) is 47.5 Å². The molecule has 3 aliphatic rings. The van der Waals surface area contributed by atoms with Crippen molar-refractivity contribution in [1.82, 2.24) is 5.32 Å². The molecule has 2 fully saturated rings. The number of nitrogens with two attached hydrogens (primary N) is 1. The molecule has 0 saturated heterocycles. The molecule has 2 aromatic carbocycles. The van der Waals surface area contributed by atoms with Gasteiger partial charge in [-0.2, -0.15) is 13.2 Å². The molecule has 2 amide bonds. The van der Waals surface area contributed by atoms with E-state index in [2.05, 4.69) is 10.3 Å². The lowest BCUT2D eigenvalue weighted by Gasteiger charge is -2.36. The number of alkyl halides is 5. The van der Waals surface area contributed by atoms with Gasteiger partial charge >= 0.3 is 6.18 Å². The highest BCUT2D eigenvalue weighted by Gasteiger charge is 2.45. The maximum atomic E-state index is 14.3. The molecule has 0 bridgehead atoms. The molecule has 13 heteroatoms. The van der Waals surface area contributed by atoms with E-state index in [9.17, 15) is 40.7 Å². The number of benzene rings is 2. The fraction of sp³-hybridized carbons (Fsp3) is 0.500. The highest BCUT2D eigenvalue weighted by molar-refractivity contribution is 6.16. The number of rotatable bonds is 10. The van der Waals surface area contributed by atoms with Gasteiger partial charge in [0, 0.05) is 42.4 Å². The molecule has 0 aromatic heterocycles. The van der Waals surface area contributed by atoms with Crippen LogP contribution in [0.5, 0.6) is 5.75 Å². The van der Waals surface area contributed by atoms with Crippen molar-refractivity contribution in [3.63, 3.8) is 0 Å². The second kappa shape index (κ2) is 12.8. The lowest BCUT2D eigenvalue weighted by molar-refractivity contribution is -0.149. The van der Waals surface area contributed by atoms with Crippen molar-refractivity contribution in [2.45, 2.75) is 82.2 Å². The zero-order valence-electron chi connectivity index (χ0n) is 24.2. The number of nitrogens with one attached hydrogen (secondary N) is 1. The highest BCUT2D eigenvalue weighted by atomic mass is 19.4. The quantitative estimate of drug-likeness (QED) is 0.328. The van der Waals surface area contributed by atoms with Gasteiger partial charge < -0.3 is 15.8 Å². The maximum absolute atomic E-state index is 14.3. The van der Waals surface area contributed by atoms with Crippen LogP contribution in [0.3, 0.4) is 0 Å². The van der Waals surface area contributed by atoms with E-state index < -0.39 is 85.1 Å². The molecule has 7 nitrogen and oxygen atoms in total. The van der Waals surface area contributed by atoms with Gasteiger partial charge in [0.1, 0.15) is 11.6 Å². The Hall–Kier alpha value is -3.90. The lowest BCUT2D eigenvalue weighted by Crippen LogP contribution is -2.49. The topological polar surface area (TPSA) is 111 Å². The first-order chi connectivity index (χ1) is 21.2. The zero-order chi connectivity index (χ0) is 32.5. The number of hydrogen-bond acceptors (Lipinski definition) is 5. The summed E-state index contributed by atoms with van der Waals surface area (Å²) in [5, 5.41) is 2.42. The number of aliphatic imine (C=N–C) groups is 1. The molecular weight excluding hydrogens is 604 g/mol. The number of ketones is 1. The molecule has 2 aromatic rings. The van der Waals surface area contributed by atoms with E-state index in [1.807, 2.05) is 0 Å². The minimum absolute atomic E-state index is 0.0280. The van der Waals surface area contributed by atoms with Crippen LogP contribution in [-0.4, -0.2) is 47.7 Å². The molecule has 2 saturated carbocycles. The number of carbonyl (C=O) groups excluding carboxylic acids is 3. The number of primary amides is 1. The van der Waals surface area contributed by atoms with E-state index in [-0.39, 0.29) is 36.6 Å². The van der Waals surface area contributed by atoms with Crippen molar-refractivity contribution in [3.05, 3.63) is 65.0 Å². The smallest absolute Gasteiger partial charge is 0.389 e. The average molecular weight is 638 g/mol. The summed E-state index contributed by atoms with van der Waals surface area (Å²) >= 11 is 0. The van der Waals surface area contributed by atoms with E-state index in [0.29, 0.717) is 16.9 Å². The first-order valence-electron chi connectivity index (χ1n) is 14.9. The number of ether oxygens (including phenoxy) is 1. The van der Waals surface area contributed by atoms with Crippen LogP contribution in [-0.2, 0) is 20.8 Å². The summed E-state index contributed by atoms with van der Waals surface area (Å²) in [5.41, 5.74) is 6.94. The molecule has 3 atom stereocenters. The zero-order valence-corrected chi connectivity index (χ0v) is 24.2. The number of hydrogen-bond donors (Lipinski definition) is 2. The minimum atomic E-state index is -4.69. The number of Topliss-reactive ketones (excluding diaryl/α,β-unsaturated/α-hetero) is 1. The van der Waals surface area contributed by atoms with Gasteiger partial charge in [-0.15, -0.1) is 0 Å². The van der Waals surface area contributed by atoms with Crippen molar-refractivity contribution in [2.75, 3.05) is 0 Å². The summed E-state index contributed by atoms with van der Waals surface area (Å²) in [4.78, 5) is 44.5. The first kappa shape index (κ1) is 32.5. The summed E-state index contributed by atoms with van der Waals surface area (Å²) in [6, 6.07) is 10.5. The molecular formula is C32H33F6N3O4. The lowest BCUT2D eigenvalue weighted by atomic mass is 9.71. The van der Waals surface area contributed by atoms with E-state index in [4.69, 9.17) is 10.5 Å². The molecule has 0 radical (unpaired) electrons. The SMILES string of the molecule is NC(=O)[C@@H](C1CCC(F)(F)CC1)[C@@H](CCC(F)(F)F)C(=O)N[C@H]1N=C(c2cccc(F)c2)c2cccc(OC3CC3)c2CC1=O. The molecule has 3 N–H and O–H groups in total. The van der Waals surface area contributed by atoms with Gasteiger partial charge in [-0.1, -0.05) is 24.3 Å². The molecule has 45 heavy (non-hydrogen) atoms. The largest absolute Gasteiger partial charge is 0.490 e. The molecule has 242 valence electrons. The van der Waals surface area contributed by atoms with Crippen molar-refractivity contribution < 1.29 is 45.5 Å². The standard InChI is InChI=1S/C32H33F6N3O4/c33-19-4-1-3-18(15-19)27-21-5-2-6-25(45-20-7-8-20)23(21)16-24(42)29(40-27)41-30(44)22(11-14-32(36,37)38)26(28(39)43)17-9-12-31(34,35)13-10-17/h1-6,15,17,20,22,26,29H,7-14,16H2,(H2,39,43)(H,41,44)/t22-,26+,29-/m1/s1. The second-order valence-electron chi connectivity index (χ2n) is 12.0. The molecule has 0 unspecified atom stereocenters. The van der Waals surface area contributed by atoms with Gasteiger partial charge in [0.25, 0.3) is 0 Å². The Morgan fingerprint density at radius 2 is 1.76 bits per heavy atom. The van der Waals surface area contributed by atoms with Crippen LogP contribution < -0.4 is 15.8 Å². The predicted octanol–water partition coefficient (Wildman–Crippen LogP) is 5.66. The Kier molecular flexibility index (Phi) is 9.27. The highest BCUT2D eigenvalue weighted by Crippen LogP contribution is 2.43. The Labute approximate surface area is 255 Å². The van der Waals surface area contributed by atoms with Gasteiger partial charge in [0.05, 0.1) is 23.7 Å². The number of fused-ring (bicyclic) bond motifs is 1. The monoisotopic (exact) mass is 637 g/mol. The number of carbonyl (C=O) groups is 3. The molecule has 0 spiro atoms. The molecule has 1 heterocycles. The van der Waals surface area contributed by atoms with E-state index in [1.165, 1.54) is 18.2 Å².